The summed E-state index contributed by atoms with van der Waals surface area (Å²) in [5.74, 6) is -1.81. The Morgan fingerprint density at radius 1 is 1.21 bits per heavy atom. The molecule has 1 N–H and O–H groups in total. The van der Waals surface area contributed by atoms with Gasteiger partial charge in [0, 0.05) is 5.56 Å². The van der Waals surface area contributed by atoms with Gasteiger partial charge in [0.15, 0.2) is 5.78 Å². The number of carboxylic acids is 1. The summed E-state index contributed by atoms with van der Waals surface area (Å²) in [6, 6.07) is 2.05. The van der Waals surface area contributed by atoms with Crippen molar-refractivity contribution >= 4 is 23.4 Å². The molecule has 1 aliphatic carbocycles. The van der Waals surface area contributed by atoms with Crippen LogP contribution in [0.3, 0.4) is 0 Å². The normalized spacial score (nSPS) is 17.5. The second kappa shape index (κ2) is 6.75. The average Bonchev–Trinajstić information content (AvgIpc) is 2.45. The van der Waals surface area contributed by atoms with Crippen molar-refractivity contribution in [3.05, 3.63) is 34.4 Å². The molecule has 1 saturated carbocycles. The van der Waals surface area contributed by atoms with Gasteiger partial charge in [0.25, 0.3) is 0 Å². The summed E-state index contributed by atoms with van der Waals surface area (Å²) in [5, 5.41) is 8.87. The highest BCUT2D eigenvalue weighted by Crippen LogP contribution is 2.49. The van der Waals surface area contributed by atoms with Crippen molar-refractivity contribution in [2.24, 2.45) is 0 Å². The maximum Gasteiger partial charge on any atom is 0.416 e. The van der Waals surface area contributed by atoms with Gasteiger partial charge in [-0.25, -0.2) is 0 Å². The Kier molecular flexibility index (Phi) is 5.28. The first-order valence-electron chi connectivity index (χ1n) is 7.71. The van der Waals surface area contributed by atoms with Gasteiger partial charge in [-0.05, 0) is 43.0 Å². The van der Waals surface area contributed by atoms with Crippen LogP contribution in [0.25, 0.3) is 0 Å². The highest BCUT2D eigenvalue weighted by molar-refractivity contribution is 6.25. The minimum Gasteiger partial charge on any atom is -0.481 e. The van der Waals surface area contributed by atoms with Gasteiger partial charge < -0.3 is 5.11 Å². The first-order valence-corrected chi connectivity index (χ1v) is 8.08. The number of aliphatic carboxylic acids is 1. The molecular weight excluding hydrogens is 345 g/mol. The Hall–Kier alpha value is -1.56. The molecule has 0 aromatic heterocycles. The number of carbonyl (C=O) groups excluding carboxylic acids is 1. The quantitative estimate of drug-likeness (QED) is 0.610. The molecule has 7 heteroatoms. The molecule has 3 nitrogen and oxygen atoms in total. The summed E-state index contributed by atoms with van der Waals surface area (Å²) in [4.78, 5) is 21.6. The lowest BCUT2D eigenvalue weighted by Crippen LogP contribution is -2.29. The third kappa shape index (κ3) is 3.91. The van der Waals surface area contributed by atoms with Crippen molar-refractivity contribution in [2.45, 2.75) is 56.5 Å². The van der Waals surface area contributed by atoms with Crippen LogP contribution < -0.4 is 0 Å². The fourth-order valence-electron chi connectivity index (χ4n) is 3.32. The molecule has 24 heavy (non-hydrogen) atoms. The summed E-state index contributed by atoms with van der Waals surface area (Å²) in [6.45, 7) is 1.17. The fraction of sp³-hybridized carbons (Fsp3) is 0.529. The van der Waals surface area contributed by atoms with E-state index in [0.29, 0.717) is 25.7 Å². The molecule has 0 heterocycles. The minimum atomic E-state index is -4.71. The van der Waals surface area contributed by atoms with Gasteiger partial charge in [-0.2, -0.15) is 13.2 Å². The van der Waals surface area contributed by atoms with Crippen LogP contribution in [0.4, 0.5) is 13.2 Å². The Morgan fingerprint density at radius 3 is 2.25 bits per heavy atom. The van der Waals surface area contributed by atoms with Gasteiger partial charge in [-0.3, -0.25) is 9.59 Å². The van der Waals surface area contributed by atoms with E-state index in [1.807, 2.05) is 0 Å². The van der Waals surface area contributed by atoms with Crippen molar-refractivity contribution in [3.63, 3.8) is 0 Å². The zero-order valence-electron chi connectivity index (χ0n) is 13.2. The molecule has 132 valence electrons. The predicted octanol–water partition coefficient (Wildman–Crippen LogP) is 4.93. The van der Waals surface area contributed by atoms with E-state index >= 15 is 0 Å². The van der Waals surface area contributed by atoms with Crippen molar-refractivity contribution < 1.29 is 27.9 Å². The molecule has 2 rings (SSSR count). The Bertz CT molecular complexity index is 662. The monoisotopic (exact) mass is 362 g/mol. The molecule has 0 atom stereocenters. The topological polar surface area (TPSA) is 54.4 Å². The summed E-state index contributed by atoms with van der Waals surface area (Å²) >= 11 is 6.55. The van der Waals surface area contributed by atoms with Crippen molar-refractivity contribution in [1.82, 2.24) is 0 Å². The number of carbonyl (C=O) groups is 2. The largest absolute Gasteiger partial charge is 0.481 e. The summed E-state index contributed by atoms with van der Waals surface area (Å²) < 4.78 is 40.9. The van der Waals surface area contributed by atoms with Crippen LogP contribution >= 0.6 is 11.6 Å². The Balaban J connectivity index is 2.74. The van der Waals surface area contributed by atoms with Gasteiger partial charge in [0.05, 0.1) is 16.9 Å². The van der Waals surface area contributed by atoms with Crippen LogP contribution in [0.2, 0.25) is 0 Å². The fourth-order valence-corrected chi connectivity index (χ4v) is 3.80. The zero-order valence-corrected chi connectivity index (χ0v) is 13.9. The van der Waals surface area contributed by atoms with Crippen LogP contribution in [0, 0.1) is 0 Å². The second-order valence-corrected chi connectivity index (χ2v) is 6.94. The van der Waals surface area contributed by atoms with Gasteiger partial charge >= 0.3 is 12.1 Å². The number of halogens is 4. The highest BCUT2D eigenvalue weighted by atomic mass is 35.5. The number of ketones is 1. The van der Waals surface area contributed by atoms with Crippen LogP contribution in [0.1, 0.15) is 66.1 Å². The Morgan fingerprint density at radius 2 is 1.79 bits per heavy atom. The summed E-state index contributed by atoms with van der Waals surface area (Å²) in [5.41, 5.74) is -1.38. The SMILES string of the molecule is CC(=O)c1cc(CC(=O)O)cc(C(F)(F)F)c1C1(Cl)CCCCC1. The van der Waals surface area contributed by atoms with E-state index in [-0.39, 0.29) is 16.7 Å². The Labute approximate surface area is 142 Å². The van der Waals surface area contributed by atoms with Gasteiger partial charge in [-0.15, -0.1) is 11.6 Å². The van der Waals surface area contributed by atoms with Gasteiger partial charge in [0.1, 0.15) is 0 Å². The first kappa shape index (κ1) is 18.8. The molecule has 0 aliphatic heterocycles. The van der Waals surface area contributed by atoms with Gasteiger partial charge in [-0.1, -0.05) is 19.3 Å². The number of benzene rings is 1. The third-order valence-electron chi connectivity index (χ3n) is 4.33. The standard InChI is InChI=1S/C17H18ClF3O3/c1-10(22)12-7-11(9-14(23)24)8-13(17(19,20)21)15(12)16(18)5-3-2-4-6-16/h7-8H,2-6,9H2,1H3,(H,23,24). The van der Waals surface area contributed by atoms with E-state index in [4.69, 9.17) is 16.7 Å². The van der Waals surface area contributed by atoms with Gasteiger partial charge in [0.2, 0.25) is 0 Å². The lowest BCUT2D eigenvalue weighted by Gasteiger charge is -2.35. The molecule has 1 aromatic rings. The van der Waals surface area contributed by atoms with Crippen molar-refractivity contribution in [1.29, 1.82) is 0 Å². The van der Waals surface area contributed by atoms with Crippen LogP contribution in [-0.2, 0) is 22.3 Å². The van der Waals surface area contributed by atoms with Crippen LogP contribution in [-0.4, -0.2) is 16.9 Å². The molecule has 0 unspecified atom stereocenters. The molecule has 1 aliphatic rings. The van der Waals surface area contributed by atoms with E-state index in [9.17, 15) is 22.8 Å². The molecule has 0 amide bonds. The molecule has 0 saturated heterocycles. The number of alkyl halides is 4. The third-order valence-corrected chi connectivity index (χ3v) is 4.90. The van der Waals surface area contributed by atoms with Crippen LogP contribution in [0.15, 0.2) is 12.1 Å². The number of carboxylic acid groups (broad SMARTS) is 1. The second-order valence-electron chi connectivity index (χ2n) is 6.22. The maximum atomic E-state index is 13.6. The molecule has 1 aromatic carbocycles. The van der Waals surface area contributed by atoms with E-state index in [1.54, 1.807) is 0 Å². The predicted molar refractivity (Wildman–Crippen MR) is 83.4 cm³/mol. The lowest BCUT2D eigenvalue weighted by molar-refractivity contribution is -0.139. The molecule has 0 spiro atoms. The lowest BCUT2D eigenvalue weighted by atomic mass is 9.77. The number of hydrogen-bond donors (Lipinski definition) is 1. The van der Waals surface area contributed by atoms with E-state index in [0.717, 1.165) is 12.5 Å². The van der Waals surface area contributed by atoms with E-state index in [1.165, 1.54) is 13.0 Å². The van der Waals surface area contributed by atoms with Crippen LogP contribution in [0.5, 0.6) is 0 Å². The maximum absolute atomic E-state index is 13.6. The number of rotatable bonds is 4. The molecule has 0 bridgehead atoms. The molecule has 0 radical (unpaired) electrons. The average molecular weight is 363 g/mol. The van der Waals surface area contributed by atoms with E-state index in [2.05, 4.69) is 0 Å². The van der Waals surface area contributed by atoms with Crippen molar-refractivity contribution in [3.8, 4) is 0 Å². The minimum absolute atomic E-state index is 0.0557. The first-order chi connectivity index (χ1) is 11.0. The van der Waals surface area contributed by atoms with E-state index < -0.39 is 34.8 Å². The summed E-state index contributed by atoms with van der Waals surface area (Å²) in [6.07, 6.45) is -2.31. The number of Topliss-reactive ketones (excluding diaryl/α,β-unsaturated/α-hetero) is 1. The molecular formula is C17H18ClF3O3. The number of hydrogen-bond acceptors (Lipinski definition) is 2. The smallest absolute Gasteiger partial charge is 0.416 e. The summed E-state index contributed by atoms with van der Waals surface area (Å²) in [7, 11) is 0. The van der Waals surface area contributed by atoms with Crippen molar-refractivity contribution in [2.75, 3.05) is 0 Å². The zero-order chi connectivity index (χ0) is 18.1. The highest BCUT2D eigenvalue weighted by Gasteiger charge is 2.44. The molecule has 1 fully saturated rings.